The highest BCUT2D eigenvalue weighted by molar-refractivity contribution is 5.64. The summed E-state index contributed by atoms with van der Waals surface area (Å²) in [6, 6.07) is 6.25. The Kier molecular flexibility index (Phi) is 6.20. The molecule has 0 saturated heterocycles. The summed E-state index contributed by atoms with van der Waals surface area (Å²) in [5.74, 6) is 1.48. The molecule has 0 spiro atoms. The summed E-state index contributed by atoms with van der Waals surface area (Å²) in [6.45, 7) is 13.5. The lowest BCUT2D eigenvalue weighted by atomic mass is 10.1. The number of rotatable bonds is 7. The van der Waals surface area contributed by atoms with E-state index in [1.54, 1.807) is 0 Å². The van der Waals surface area contributed by atoms with Crippen LogP contribution in [0, 0.1) is 18.8 Å². The van der Waals surface area contributed by atoms with Gasteiger partial charge in [0.15, 0.2) is 0 Å². The molecule has 0 unspecified atom stereocenters. The summed E-state index contributed by atoms with van der Waals surface area (Å²) in [6.07, 6.45) is 2.46. The van der Waals surface area contributed by atoms with E-state index in [0.29, 0.717) is 0 Å². The van der Waals surface area contributed by atoms with Gasteiger partial charge in [-0.05, 0) is 49.3 Å². The Balaban J connectivity index is 2.84. The lowest BCUT2D eigenvalue weighted by Crippen LogP contribution is -2.28. The molecule has 0 heterocycles. The van der Waals surface area contributed by atoms with Crippen LogP contribution in [0.1, 0.15) is 46.1 Å². The zero-order chi connectivity index (χ0) is 14.4. The van der Waals surface area contributed by atoms with Gasteiger partial charge in [-0.2, -0.15) is 0 Å². The minimum absolute atomic E-state index is 0.739. The van der Waals surface area contributed by atoms with E-state index in [1.807, 2.05) is 6.07 Å². The van der Waals surface area contributed by atoms with Crippen molar-refractivity contribution in [3.63, 3.8) is 0 Å². The average molecular weight is 262 g/mol. The van der Waals surface area contributed by atoms with E-state index in [2.05, 4.69) is 51.7 Å². The zero-order valence-electron chi connectivity index (χ0n) is 13.2. The first-order chi connectivity index (χ1) is 8.91. The normalized spacial score (nSPS) is 11.3. The second-order valence-corrected chi connectivity index (χ2v) is 6.34. The van der Waals surface area contributed by atoms with Crippen molar-refractivity contribution in [2.24, 2.45) is 11.8 Å². The molecule has 2 nitrogen and oxygen atoms in total. The number of anilines is 2. The third-order valence-electron chi connectivity index (χ3n) is 3.64. The van der Waals surface area contributed by atoms with E-state index in [4.69, 9.17) is 5.73 Å². The SMILES string of the molecule is Cc1c(N)cccc1N(CCC(C)C)CCC(C)C. The molecule has 0 fully saturated rings. The predicted molar refractivity (Wildman–Crippen MR) is 86.7 cm³/mol. The molecule has 1 aromatic carbocycles. The summed E-state index contributed by atoms with van der Waals surface area (Å²) in [5.41, 5.74) is 9.47. The van der Waals surface area contributed by atoms with Gasteiger partial charge in [0.1, 0.15) is 0 Å². The number of hydrogen-bond acceptors (Lipinski definition) is 2. The second kappa shape index (κ2) is 7.42. The van der Waals surface area contributed by atoms with Gasteiger partial charge in [0.05, 0.1) is 0 Å². The van der Waals surface area contributed by atoms with Crippen molar-refractivity contribution in [2.75, 3.05) is 23.7 Å². The molecule has 0 radical (unpaired) electrons. The van der Waals surface area contributed by atoms with Crippen molar-refractivity contribution in [3.05, 3.63) is 23.8 Å². The molecule has 0 aromatic heterocycles. The number of hydrogen-bond donors (Lipinski definition) is 1. The summed E-state index contributed by atoms with van der Waals surface area (Å²) < 4.78 is 0. The molecule has 0 saturated carbocycles. The van der Waals surface area contributed by atoms with Crippen molar-refractivity contribution in [1.29, 1.82) is 0 Å². The fourth-order valence-electron chi connectivity index (χ4n) is 2.16. The number of nitrogens with zero attached hydrogens (tertiary/aromatic N) is 1. The summed E-state index contributed by atoms with van der Waals surface area (Å²) in [5, 5.41) is 0. The van der Waals surface area contributed by atoms with Crippen molar-refractivity contribution < 1.29 is 0 Å². The third-order valence-corrected chi connectivity index (χ3v) is 3.64. The van der Waals surface area contributed by atoms with Gasteiger partial charge in [-0.25, -0.2) is 0 Å². The Hall–Kier alpha value is -1.18. The Morgan fingerprint density at radius 1 is 1.00 bits per heavy atom. The number of nitrogens with two attached hydrogens (primary N) is 1. The van der Waals surface area contributed by atoms with Gasteiger partial charge < -0.3 is 10.6 Å². The van der Waals surface area contributed by atoms with Gasteiger partial charge in [-0.1, -0.05) is 33.8 Å². The van der Waals surface area contributed by atoms with Gasteiger partial charge >= 0.3 is 0 Å². The molecule has 0 atom stereocenters. The van der Waals surface area contributed by atoms with E-state index in [-0.39, 0.29) is 0 Å². The van der Waals surface area contributed by atoms with Gasteiger partial charge in [0, 0.05) is 24.5 Å². The van der Waals surface area contributed by atoms with E-state index in [9.17, 15) is 0 Å². The standard InChI is InChI=1S/C17H30N2/c1-13(2)9-11-19(12-10-14(3)4)17-8-6-7-16(18)15(17)5/h6-8,13-14H,9-12,18H2,1-5H3. The average Bonchev–Trinajstić information content (AvgIpc) is 2.33. The van der Waals surface area contributed by atoms with E-state index in [1.165, 1.54) is 24.1 Å². The maximum Gasteiger partial charge on any atom is 0.0416 e. The highest BCUT2D eigenvalue weighted by atomic mass is 15.1. The van der Waals surface area contributed by atoms with Crippen LogP contribution in [0.4, 0.5) is 11.4 Å². The molecule has 0 aliphatic rings. The molecule has 0 aliphatic carbocycles. The first-order valence-corrected chi connectivity index (χ1v) is 7.51. The maximum absolute atomic E-state index is 6.04. The van der Waals surface area contributed by atoms with Crippen LogP contribution in [0.25, 0.3) is 0 Å². The molecule has 1 aromatic rings. The van der Waals surface area contributed by atoms with Crippen molar-refractivity contribution in [2.45, 2.75) is 47.5 Å². The molecule has 2 heteroatoms. The van der Waals surface area contributed by atoms with Crippen LogP contribution in [0.2, 0.25) is 0 Å². The summed E-state index contributed by atoms with van der Waals surface area (Å²) in [7, 11) is 0. The van der Waals surface area contributed by atoms with Crippen molar-refractivity contribution >= 4 is 11.4 Å². The maximum atomic E-state index is 6.04. The van der Waals surface area contributed by atoms with Gasteiger partial charge in [0.25, 0.3) is 0 Å². The monoisotopic (exact) mass is 262 g/mol. The molecule has 0 amide bonds. The van der Waals surface area contributed by atoms with E-state index >= 15 is 0 Å². The quantitative estimate of drug-likeness (QED) is 0.734. The fourth-order valence-corrected chi connectivity index (χ4v) is 2.16. The van der Waals surface area contributed by atoms with Crippen LogP contribution in [0.15, 0.2) is 18.2 Å². The lowest BCUT2D eigenvalue weighted by molar-refractivity contribution is 0.535. The molecule has 108 valence electrons. The summed E-state index contributed by atoms with van der Waals surface area (Å²) >= 11 is 0. The van der Waals surface area contributed by atoms with Crippen molar-refractivity contribution in [1.82, 2.24) is 0 Å². The molecular formula is C17H30N2. The third kappa shape index (κ3) is 5.14. The molecule has 1 rings (SSSR count). The van der Waals surface area contributed by atoms with Crippen LogP contribution in [0.3, 0.4) is 0 Å². The summed E-state index contributed by atoms with van der Waals surface area (Å²) in [4.78, 5) is 2.51. The smallest absolute Gasteiger partial charge is 0.0416 e. The van der Waals surface area contributed by atoms with E-state index in [0.717, 1.165) is 30.6 Å². The van der Waals surface area contributed by atoms with E-state index < -0.39 is 0 Å². The van der Waals surface area contributed by atoms with Crippen LogP contribution in [0.5, 0.6) is 0 Å². The van der Waals surface area contributed by atoms with Crippen LogP contribution < -0.4 is 10.6 Å². The molecule has 19 heavy (non-hydrogen) atoms. The Morgan fingerprint density at radius 2 is 1.53 bits per heavy atom. The molecule has 0 aliphatic heterocycles. The number of nitrogen functional groups attached to an aromatic ring is 1. The predicted octanol–water partition coefficient (Wildman–Crippen LogP) is 4.48. The first kappa shape index (κ1) is 15.9. The highest BCUT2D eigenvalue weighted by Crippen LogP contribution is 2.26. The first-order valence-electron chi connectivity index (χ1n) is 7.51. The second-order valence-electron chi connectivity index (χ2n) is 6.34. The Bertz CT molecular complexity index is 371. The molecule has 0 bridgehead atoms. The largest absolute Gasteiger partial charge is 0.398 e. The highest BCUT2D eigenvalue weighted by Gasteiger charge is 2.12. The van der Waals surface area contributed by atoms with Gasteiger partial charge in [-0.15, -0.1) is 0 Å². The van der Waals surface area contributed by atoms with Gasteiger partial charge in [0.2, 0.25) is 0 Å². The van der Waals surface area contributed by atoms with Gasteiger partial charge in [-0.3, -0.25) is 0 Å². The lowest BCUT2D eigenvalue weighted by Gasteiger charge is -2.28. The minimum atomic E-state index is 0.739. The number of benzene rings is 1. The van der Waals surface area contributed by atoms with Crippen LogP contribution in [-0.2, 0) is 0 Å². The molecular weight excluding hydrogens is 232 g/mol. The van der Waals surface area contributed by atoms with Crippen LogP contribution >= 0.6 is 0 Å². The Labute approximate surface area is 119 Å². The van der Waals surface area contributed by atoms with Crippen LogP contribution in [-0.4, -0.2) is 13.1 Å². The fraction of sp³-hybridized carbons (Fsp3) is 0.647. The topological polar surface area (TPSA) is 29.3 Å². The van der Waals surface area contributed by atoms with Crippen molar-refractivity contribution in [3.8, 4) is 0 Å². The Morgan fingerprint density at radius 3 is 2.00 bits per heavy atom. The minimum Gasteiger partial charge on any atom is -0.398 e. The molecule has 2 N–H and O–H groups in total. The zero-order valence-corrected chi connectivity index (χ0v) is 13.2.